The molecule has 6 nitrogen and oxygen atoms in total. The molecule has 1 N–H and O–H groups in total. The number of anilines is 1. The molecule has 0 radical (unpaired) electrons. The van der Waals surface area contributed by atoms with Crippen LogP contribution < -0.4 is 15.0 Å². The number of methoxy groups -OCH3 is 1. The van der Waals surface area contributed by atoms with Crippen LogP contribution in [0.15, 0.2) is 42.1 Å². The molecule has 2 aromatic carbocycles. The zero-order chi connectivity index (χ0) is 24.6. The summed E-state index contributed by atoms with van der Waals surface area (Å²) in [6.07, 6.45) is 3.81. The van der Waals surface area contributed by atoms with E-state index in [9.17, 15) is 9.59 Å². The summed E-state index contributed by atoms with van der Waals surface area (Å²) in [7, 11) is 1.63. The third-order valence-electron chi connectivity index (χ3n) is 6.70. The zero-order valence-corrected chi connectivity index (χ0v) is 21.2. The molecule has 1 atom stereocenters. The van der Waals surface area contributed by atoms with Crippen LogP contribution in [0.1, 0.15) is 63.1 Å². The Hall–Kier alpha value is -2.99. The number of urea groups is 1. The van der Waals surface area contributed by atoms with Crippen LogP contribution in [-0.4, -0.2) is 36.0 Å². The molecule has 34 heavy (non-hydrogen) atoms. The molecule has 7 heteroatoms. The van der Waals surface area contributed by atoms with E-state index in [-0.39, 0.29) is 23.7 Å². The Bertz CT molecular complexity index is 1140. The highest BCUT2D eigenvalue weighted by Gasteiger charge is 2.37. The van der Waals surface area contributed by atoms with Crippen molar-refractivity contribution >= 4 is 35.3 Å². The first-order valence-corrected chi connectivity index (χ1v) is 12.1. The molecule has 2 heterocycles. The summed E-state index contributed by atoms with van der Waals surface area (Å²) in [5.41, 5.74) is 4.30. The van der Waals surface area contributed by atoms with Crippen molar-refractivity contribution in [2.24, 2.45) is 0 Å². The fraction of sp³-hybridized carbons (Fsp3) is 0.407. The lowest BCUT2D eigenvalue weighted by Crippen LogP contribution is -2.48. The minimum atomic E-state index is -0.438. The van der Waals surface area contributed by atoms with Crippen LogP contribution in [0.25, 0.3) is 6.08 Å². The first-order valence-electron chi connectivity index (χ1n) is 11.7. The van der Waals surface area contributed by atoms with Gasteiger partial charge in [-0.25, -0.2) is 4.79 Å². The van der Waals surface area contributed by atoms with Gasteiger partial charge < -0.3 is 15.0 Å². The van der Waals surface area contributed by atoms with Gasteiger partial charge in [0.2, 0.25) is 0 Å². The summed E-state index contributed by atoms with van der Waals surface area (Å²) in [6, 6.07) is 10.8. The summed E-state index contributed by atoms with van der Waals surface area (Å²) in [5.74, 6) is 0.674. The van der Waals surface area contributed by atoms with E-state index in [0.717, 1.165) is 30.5 Å². The molecule has 1 fully saturated rings. The number of imide groups is 1. The summed E-state index contributed by atoms with van der Waals surface area (Å²) in [5, 5.41) is 3.33. The molecule has 2 aliphatic heterocycles. The summed E-state index contributed by atoms with van der Waals surface area (Å²) >= 11 is 5.95. The van der Waals surface area contributed by atoms with Crippen molar-refractivity contribution in [3.8, 4) is 5.75 Å². The number of rotatable bonds is 6. The Morgan fingerprint density at radius 2 is 1.91 bits per heavy atom. The molecule has 0 spiro atoms. The van der Waals surface area contributed by atoms with Gasteiger partial charge in [-0.2, -0.15) is 0 Å². The number of benzene rings is 2. The Labute approximate surface area is 206 Å². The van der Waals surface area contributed by atoms with E-state index in [1.54, 1.807) is 25.3 Å². The van der Waals surface area contributed by atoms with Gasteiger partial charge in [0.25, 0.3) is 5.91 Å². The summed E-state index contributed by atoms with van der Waals surface area (Å²) in [4.78, 5) is 29.3. The maximum absolute atomic E-state index is 13.1. The fourth-order valence-corrected chi connectivity index (χ4v) is 5.23. The minimum absolute atomic E-state index is 0.0466. The number of carbonyl (C=O) groups is 2. The second-order valence-electron chi connectivity index (χ2n) is 9.73. The number of carbonyl (C=O) groups excluding carboxylic acids is 2. The average molecular weight is 482 g/mol. The normalized spacial score (nSPS) is 20.5. The molecule has 180 valence electrons. The number of hydrogen-bond donors (Lipinski definition) is 1. The Balaban J connectivity index is 1.68. The molecule has 0 aliphatic carbocycles. The van der Waals surface area contributed by atoms with Gasteiger partial charge in [0.15, 0.2) is 0 Å². The number of nitrogens with one attached hydrogen (secondary N) is 1. The number of ether oxygens (including phenoxy) is 1. The highest BCUT2D eigenvalue weighted by atomic mass is 35.5. The van der Waals surface area contributed by atoms with Crippen LogP contribution in [0.4, 0.5) is 10.5 Å². The van der Waals surface area contributed by atoms with E-state index in [0.29, 0.717) is 16.7 Å². The van der Waals surface area contributed by atoms with Gasteiger partial charge in [-0.15, -0.1) is 0 Å². The predicted octanol–water partition coefficient (Wildman–Crippen LogP) is 5.94. The monoisotopic (exact) mass is 481 g/mol. The molecule has 3 amide bonds. The quantitative estimate of drug-likeness (QED) is 0.409. The average Bonchev–Trinajstić information content (AvgIpc) is 3.05. The molecular weight excluding hydrogens is 450 g/mol. The van der Waals surface area contributed by atoms with Gasteiger partial charge in [-0.1, -0.05) is 37.6 Å². The van der Waals surface area contributed by atoms with Crippen molar-refractivity contribution in [1.29, 1.82) is 0 Å². The number of hydrogen-bond acceptors (Lipinski definition) is 4. The van der Waals surface area contributed by atoms with E-state index in [2.05, 4.69) is 50.0 Å². The fourth-order valence-electron chi connectivity index (χ4n) is 5.11. The van der Waals surface area contributed by atoms with E-state index in [1.807, 2.05) is 12.1 Å². The van der Waals surface area contributed by atoms with Crippen molar-refractivity contribution in [1.82, 2.24) is 10.2 Å². The number of halogens is 1. The SMILES string of the molecule is CCCN1c2cc(OC)c(/C=C3/NC(=O)N(Cc4ccc(Cl)cc4)C3=O)cc2C(C)CC1(C)C. The zero-order valence-electron chi connectivity index (χ0n) is 20.4. The third-order valence-corrected chi connectivity index (χ3v) is 6.95. The molecule has 2 aromatic rings. The van der Waals surface area contributed by atoms with Crippen molar-refractivity contribution in [3.05, 3.63) is 63.8 Å². The summed E-state index contributed by atoms with van der Waals surface area (Å²) in [6.45, 7) is 10.1. The van der Waals surface area contributed by atoms with E-state index >= 15 is 0 Å². The Morgan fingerprint density at radius 1 is 1.21 bits per heavy atom. The lowest BCUT2D eigenvalue weighted by Gasteiger charge is -2.47. The minimum Gasteiger partial charge on any atom is -0.496 e. The van der Waals surface area contributed by atoms with Crippen LogP contribution >= 0.6 is 11.6 Å². The van der Waals surface area contributed by atoms with Crippen LogP contribution in [0, 0.1) is 0 Å². The third kappa shape index (κ3) is 4.51. The number of nitrogens with zero attached hydrogens (tertiary/aromatic N) is 2. The molecular formula is C27H32ClN3O3. The lowest BCUT2D eigenvalue weighted by molar-refractivity contribution is -0.123. The first kappa shape index (κ1) is 24.1. The van der Waals surface area contributed by atoms with Crippen molar-refractivity contribution in [2.75, 3.05) is 18.6 Å². The standard InChI is InChI=1S/C27H32ClN3O3/c1-6-11-31-23-14-24(34-5)19(12-21(23)17(2)15-27(31,3)4)13-22-25(32)30(26(33)29-22)16-18-7-9-20(28)10-8-18/h7-10,12-14,17H,6,11,15-16H2,1-5H3,(H,29,33)/b22-13+. The highest BCUT2D eigenvalue weighted by molar-refractivity contribution is 6.30. The molecule has 1 unspecified atom stereocenters. The highest BCUT2D eigenvalue weighted by Crippen LogP contribution is 2.46. The molecule has 4 rings (SSSR count). The molecule has 2 aliphatic rings. The number of fused-ring (bicyclic) bond motifs is 1. The van der Waals surface area contributed by atoms with Crippen molar-refractivity contribution in [3.63, 3.8) is 0 Å². The van der Waals surface area contributed by atoms with Gasteiger partial charge in [0.05, 0.1) is 13.7 Å². The first-order chi connectivity index (χ1) is 16.1. The van der Waals surface area contributed by atoms with Crippen LogP contribution in [0.3, 0.4) is 0 Å². The molecule has 0 saturated carbocycles. The van der Waals surface area contributed by atoms with Crippen LogP contribution in [0.5, 0.6) is 5.75 Å². The van der Waals surface area contributed by atoms with Crippen LogP contribution in [-0.2, 0) is 11.3 Å². The lowest BCUT2D eigenvalue weighted by atomic mass is 9.79. The van der Waals surface area contributed by atoms with Crippen molar-refractivity contribution < 1.29 is 14.3 Å². The summed E-state index contributed by atoms with van der Waals surface area (Å²) < 4.78 is 5.73. The van der Waals surface area contributed by atoms with Crippen molar-refractivity contribution in [2.45, 2.75) is 58.5 Å². The largest absolute Gasteiger partial charge is 0.496 e. The second kappa shape index (κ2) is 9.34. The maximum Gasteiger partial charge on any atom is 0.329 e. The van der Waals surface area contributed by atoms with Gasteiger partial charge in [0, 0.05) is 34.4 Å². The van der Waals surface area contributed by atoms with Gasteiger partial charge in [-0.05, 0) is 68.0 Å². The number of amides is 3. The van der Waals surface area contributed by atoms with E-state index in [1.165, 1.54) is 16.2 Å². The molecule has 1 saturated heterocycles. The maximum atomic E-state index is 13.1. The van der Waals surface area contributed by atoms with Gasteiger partial charge >= 0.3 is 6.03 Å². The predicted molar refractivity (Wildman–Crippen MR) is 136 cm³/mol. The van der Waals surface area contributed by atoms with E-state index < -0.39 is 6.03 Å². The topological polar surface area (TPSA) is 61.9 Å². The second-order valence-corrected chi connectivity index (χ2v) is 10.2. The molecule has 0 bridgehead atoms. The van der Waals surface area contributed by atoms with Gasteiger partial charge in [-0.3, -0.25) is 9.69 Å². The smallest absolute Gasteiger partial charge is 0.329 e. The Morgan fingerprint density at radius 3 is 2.56 bits per heavy atom. The molecule has 0 aromatic heterocycles. The van der Waals surface area contributed by atoms with E-state index in [4.69, 9.17) is 16.3 Å². The Kier molecular flexibility index (Phi) is 6.63. The van der Waals surface area contributed by atoms with Gasteiger partial charge in [0.1, 0.15) is 11.4 Å². The van der Waals surface area contributed by atoms with Crippen LogP contribution in [0.2, 0.25) is 5.02 Å².